The fourth-order valence-corrected chi connectivity index (χ4v) is 1.44. The molecule has 15 heavy (non-hydrogen) atoms. The van der Waals surface area contributed by atoms with Gasteiger partial charge in [0.1, 0.15) is 5.39 Å². The number of halogens is 3. The van der Waals surface area contributed by atoms with E-state index in [2.05, 4.69) is 4.42 Å². The van der Waals surface area contributed by atoms with Crippen molar-refractivity contribution in [1.82, 2.24) is 4.98 Å². The molecule has 7 heteroatoms. The van der Waals surface area contributed by atoms with Gasteiger partial charge in [-0.25, -0.2) is 18.4 Å². The van der Waals surface area contributed by atoms with Crippen LogP contribution in [0.5, 0.6) is 0 Å². The number of fused-ring (bicyclic) bond motifs is 1. The minimum absolute atomic E-state index is 0.325. The molecule has 0 aliphatic carbocycles. The van der Waals surface area contributed by atoms with Crippen LogP contribution in [-0.4, -0.2) is 4.98 Å². The predicted molar refractivity (Wildman–Crippen MR) is 48.0 cm³/mol. The molecular weight excluding hydrogens is 232 g/mol. The van der Waals surface area contributed by atoms with Gasteiger partial charge in [0, 0.05) is 0 Å². The third kappa shape index (κ3) is 1.42. The lowest BCUT2D eigenvalue weighted by molar-refractivity contribution is 0.455. The van der Waals surface area contributed by atoms with Crippen molar-refractivity contribution in [3.8, 4) is 0 Å². The van der Waals surface area contributed by atoms with Crippen LogP contribution in [0.25, 0.3) is 10.9 Å². The smallest absolute Gasteiger partial charge is 0.372 e. The lowest BCUT2D eigenvalue weighted by atomic mass is 10.2. The molecule has 1 N–H and O–H groups in total. The summed E-state index contributed by atoms with van der Waals surface area (Å²) in [7, 11) is 0. The van der Waals surface area contributed by atoms with Crippen LogP contribution in [0.4, 0.5) is 8.78 Å². The molecule has 2 aromatic rings. The van der Waals surface area contributed by atoms with Crippen LogP contribution in [0.2, 0.25) is 5.02 Å². The summed E-state index contributed by atoms with van der Waals surface area (Å²) >= 11 is 5.50. The van der Waals surface area contributed by atoms with E-state index in [-0.39, 0.29) is 5.02 Å². The predicted octanol–water partition coefficient (Wildman–Crippen LogP) is 1.41. The lowest BCUT2D eigenvalue weighted by Crippen LogP contribution is -2.16. The zero-order chi connectivity index (χ0) is 11.2. The molecule has 1 heterocycles. The number of benzene rings is 1. The first-order valence-corrected chi connectivity index (χ1v) is 4.09. The van der Waals surface area contributed by atoms with Crippen LogP contribution in [0.1, 0.15) is 0 Å². The standard InChI is InChI=1S/C8H2ClF2NO3/c9-2-1-3(10)5(11)6-4(2)7(13)15-8(14)12-6/h1H,(H,12,14). The topological polar surface area (TPSA) is 63.1 Å². The molecular formula is C8H2ClF2NO3. The average Bonchev–Trinajstić information content (AvgIpc) is 2.12. The van der Waals surface area contributed by atoms with E-state index in [9.17, 15) is 18.4 Å². The number of hydrogen-bond donors (Lipinski definition) is 1. The SMILES string of the molecule is O=c1[nH]c2c(F)c(F)cc(Cl)c2c(=O)o1. The highest BCUT2D eigenvalue weighted by molar-refractivity contribution is 6.35. The first-order valence-electron chi connectivity index (χ1n) is 3.71. The quantitative estimate of drug-likeness (QED) is 0.700. The molecule has 0 radical (unpaired) electrons. The normalized spacial score (nSPS) is 10.9. The average molecular weight is 234 g/mol. The van der Waals surface area contributed by atoms with Gasteiger partial charge in [-0.3, -0.25) is 4.98 Å². The van der Waals surface area contributed by atoms with E-state index < -0.39 is 33.9 Å². The Bertz CT molecular complexity index is 661. The number of rotatable bonds is 0. The van der Waals surface area contributed by atoms with Crippen molar-refractivity contribution in [3.05, 3.63) is 43.7 Å². The van der Waals surface area contributed by atoms with E-state index in [1.807, 2.05) is 4.98 Å². The molecule has 0 amide bonds. The lowest BCUT2D eigenvalue weighted by Gasteiger charge is -2.00. The Morgan fingerprint density at radius 2 is 2.00 bits per heavy atom. The Kier molecular flexibility index (Phi) is 2.08. The first kappa shape index (κ1) is 9.85. The maximum absolute atomic E-state index is 13.2. The highest BCUT2D eigenvalue weighted by Gasteiger charge is 2.15. The third-order valence-electron chi connectivity index (χ3n) is 1.79. The van der Waals surface area contributed by atoms with Gasteiger partial charge < -0.3 is 4.42 Å². The molecule has 0 saturated carbocycles. The van der Waals surface area contributed by atoms with Crippen LogP contribution in [0.15, 0.2) is 20.1 Å². The van der Waals surface area contributed by atoms with Gasteiger partial charge in [0.05, 0.1) is 10.5 Å². The summed E-state index contributed by atoms with van der Waals surface area (Å²) in [5.41, 5.74) is -1.71. The number of nitrogens with one attached hydrogen (secondary N) is 1. The number of aromatic nitrogens is 1. The van der Waals surface area contributed by atoms with Crippen molar-refractivity contribution in [2.24, 2.45) is 0 Å². The molecule has 2 rings (SSSR count). The Morgan fingerprint density at radius 3 is 2.67 bits per heavy atom. The number of aromatic amines is 1. The van der Waals surface area contributed by atoms with Crippen molar-refractivity contribution >= 4 is 22.5 Å². The molecule has 0 aliphatic heterocycles. The molecule has 0 spiro atoms. The van der Waals surface area contributed by atoms with Crippen molar-refractivity contribution in [2.45, 2.75) is 0 Å². The number of hydrogen-bond acceptors (Lipinski definition) is 3. The Labute approximate surface area is 85.1 Å². The zero-order valence-corrected chi connectivity index (χ0v) is 7.69. The summed E-state index contributed by atoms with van der Waals surface area (Å²) in [6.45, 7) is 0. The van der Waals surface area contributed by atoms with E-state index in [0.717, 1.165) is 0 Å². The third-order valence-corrected chi connectivity index (χ3v) is 2.09. The van der Waals surface area contributed by atoms with Crippen LogP contribution in [0.3, 0.4) is 0 Å². The summed E-state index contributed by atoms with van der Waals surface area (Å²) < 4.78 is 30.1. The minimum atomic E-state index is -1.35. The zero-order valence-electron chi connectivity index (χ0n) is 6.94. The van der Waals surface area contributed by atoms with E-state index in [1.54, 1.807) is 0 Å². The summed E-state index contributed by atoms with van der Waals surface area (Å²) in [5.74, 6) is -3.78. The molecule has 1 aromatic carbocycles. The fraction of sp³-hybridized carbons (Fsp3) is 0. The molecule has 4 nitrogen and oxygen atoms in total. The molecule has 0 saturated heterocycles. The minimum Gasteiger partial charge on any atom is -0.372 e. The van der Waals surface area contributed by atoms with E-state index in [4.69, 9.17) is 11.6 Å². The van der Waals surface area contributed by atoms with Gasteiger partial charge in [0.25, 0.3) is 0 Å². The van der Waals surface area contributed by atoms with Crippen molar-refractivity contribution < 1.29 is 13.2 Å². The summed E-state index contributed by atoms with van der Waals surface area (Å²) in [5, 5.41) is -0.718. The summed E-state index contributed by atoms with van der Waals surface area (Å²) in [6, 6.07) is 0.633. The molecule has 78 valence electrons. The van der Waals surface area contributed by atoms with Gasteiger partial charge in [0.2, 0.25) is 0 Å². The van der Waals surface area contributed by atoms with Crippen molar-refractivity contribution in [3.63, 3.8) is 0 Å². The van der Waals surface area contributed by atoms with Crippen molar-refractivity contribution in [1.29, 1.82) is 0 Å². The monoisotopic (exact) mass is 233 g/mol. The van der Waals surface area contributed by atoms with Gasteiger partial charge in [-0.2, -0.15) is 0 Å². The van der Waals surface area contributed by atoms with Crippen molar-refractivity contribution in [2.75, 3.05) is 0 Å². The Balaban J connectivity index is 3.17. The second kappa shape index (κ2) is 3.16. The second-order valence-electron chi connectivity index (χ2n) is 2.71. The molecule has 0 fully saturated rings. The number of H-pyrrole nitrogens is 1. The van der Waals surface area contributed by atoms with Gasteiger partial charge in [-0.1, -0.05) is 11.6 Å². The summed E-state index contributed by atoms with van der Waals surface area (Å²) in [4.78, 5) is 23.7. The van der Waals surface area contributed by atoms with Gasteiger partial charge in [0.15, 0.2) is 11.6 Å². The van der Waals surface area contributed by atoms with Gasteiger partial charge >= 0.3 is 11.4 Å². The molecule has 0 unspecified atom stereocenters. The van der Waals surface area contributed by atoms with E-state index >= 15 is 0 Å². The van der Waals surface area contributed by atoms with Gasteiger partial charge in [-0.15, -0.1) is 0 Å². The van der Waals surface area contributed by atoms with Crippen LogP contribution in [0, 0.1) is 11.6 Å². The highest BCUT2D eigenvalue weighted by atomic mass is 35.5. The molecule has 0 atom stereocenters. The first-order chi connectivity index (χ1) is 7.00. The summed E-state index contributed by atoms with van der Waals surface area (Å²) in [6.07, 6.45) is 0. The molecule has 1 aromatic heterocycles. The van der Waals surface area contributed by atoms with Crippen LogP contribution < -0.4 is 11.4 Å². The van der Waals surface area contributed by atoms with E-state index in [1.165, 1.54) is 0 Å². The second-order valence-corrected chi connectivity index (χ2v) is 3.11. The maximum Gasteiger partial charge on any atom is 0.419 e. The maximum atomic E-state index is 13.2. The Morgan fingerprint density at radius 1 is 1.33 bits per heavy atom. The fourth-order valence-electron chi connectivity index (χ4n) is 1.18. The molecule has 0 aliphatic rings. The van der Waals surface area contributed by atoms with Gasteiger partial charge in [-0.05, 0) is 6.07 Å². The highest BCUT2D eigenvalue weighted by Crippen LogP contribution is 2.22. The molecule has 0 bridgehead atoms. The van der Waals surface area contributed by atoms with E-state index in [0.29, 0.717) is 6.07 Å². The Hall–Kier alpha value is -1.69. The van der Waals surface area contributed by atoms with Crippen LogP contribution >= 0.6 is 11.6 Å². The van der Waals surface area contributed by atoms with Crippen LogP contribution in [-0.2, 0) is 0 Å². The largest absolute Gasteiger partial charge is 0.419 e.